The lowest BCUT2D eigenvalue weighted by Gasteiger charge is -2.06. The highest BCUT2D eigenvalue weighted by Gasteiger charge is 2.10. The van der Waals surface area contributed by atoms with Gasteiger partial charge >= 0.3 is 0 Å². The molecule has 0 aliphatic carbocycles. The SMILES string of the molecule is CCc1ccc(-c2ccc(C(N)CC)o2)cc1C. The predicted octanol–water partition coefficient (Wildman–Crippen LogP) is 4.23. The normalized spacial score (nSPS) is 12.7. The van der Waals surface area contributed by atoms with E-state index in [1.54, 1.807) is 0 Å². The van der Waals surface area contributed by atoms with Crippen molar-refractivity contribution in [1.29, 1.82) is 0 Å². The first-order valence-electron chi connectivity index (χ1n) is 6.60. The summed E-state index contributed by atoms with van der Waals surface area (Å²) >= 11 is 0. The highest BCUT2D eigenvalue weighted by molar-refractivity contribution is 5.59. The van der Waals surface area contributed by atoms with E-state index in [1.165, 1.54) is 11.1 Å². The van der Waals surface area contributed by atoms with E-state index in [0.29, 0.717) is 0 Å². The molecule has 2 rings (SSSR count). The summed E-state index contributed by atoms with van der Waals surface area (Å²) in [6.45, 7) is 6.38. The smallest absolute Gasteiger partial charge is 0.134 e. The molecule has 1 heterocycles. The Bertz CT molecular complexity index is 528. The first kappa shape index (κ1) is 12.9. The molecule has 1 atom stereocenters. The van der Waals surface area contributed by atoms with Crippen LogP contribution >= 0.6 is 0 Å². The Kier molecular flexibility index (Phi) is 3.87. The molecule has 0 fully saturated rings. The molecule has 2 heteroatoms. The van der Waals surface area contributed by atoms with Crippen LogP contribution in [0.1, 0.15) is 43.2 Å². The first-order valence-corrected chi connectivity index (χ1v) is 6.60. The summed E-state index contributed by atoms with van der Waals surface area (Å²) in [5.41, 5.74) is 9.79. The van der Waals surface area contributed by atoms with E-state index in [0.717, 1.165) is 29.9 Å². The van der Waals surface area contributed by atoms with Crippen molar-refractivity contribution in [3.8, 4) is 11.3 Å². The van der Waals surface area contributed by atoms with Crippen molar-refractivity contribution < 1.29 is 4.42 Å². The van der Waals surface area contributed by atoms with Crippen molar-refractivity contribution in [3.63, 3.8) is 0 Å². The Balaban J connectivity index is 2.31. The molecule has 0 amide bonds. The van der Waals surface area contributed by atoms with Gasteiger partial charge in [0, 0.05) is 5.56 Å². The molecule has 2 nitrogen and oxygen atoms in total. The third kappa shape index (κ3) is 2.49. The fourth-order valence-electron chi connectivity index (χ4n) is 2.15. The van der Waals surface area contributed by atoms with E-state index in [1.807, 2.05) is 12.1 Å². The highest BCUT2D eigenvalue weighted by atomic mass is 16.3. The van der Waals surface area contributed by atoms with Crippen molar-refractivity contribution in [2.45, 2.75) is 39.7 Å². The van der Waals surface area contributed by atoms with E-state index >= 15 is 0 Å². The maximum Gasteiger partial charge on any atom is 0.134 e. The predicted molar refractivity (Wildman–Crippen MR) is 75.5 cm³/mol. The van der Waals surface area contributed by atoms with Gasteiger partial charge in [0.25, 0.3) is 0 Å². The maximum atomic E-state index is 5.97. The number of rotatable bonds is 4. The third-order valence-corrected chi connectivity index (χ3v) is 3.44. The highest BCUT2D eigenvalue weighted by Crippen LogP contribution is 2.27. The maximum absolute atomic E-state index is 5.97. The van der Waals surface area contributed by atoms with Gasteiger partial charge in [-0.15, -0.1) is 0 Å². The van der Waals surface area contributed by atoms with Gasteiger partial charge in [-0.2, -0.15) is 0 Å². The van der Waals surface area contributed by atoms with Gasteiger partial charge in [-0.05, 0) is 49.1 Å². The summed E-state index contributed by atoms with van der Waals surface area (Å²) in [7, 11) is 0. The quantitative estimate of drug-likeness (QED) is 0.872. The molecular weight excluding hydrogens is 222 g/mol. The molecule has 0 saturated heterocycles. The van der Waals surface area contributed by atoms with Crippen molar-refractivity contribution in [3.05, 3.63) is 47.2 Å². The van der Waals surface area contributed by atoms with Gasteiger partial charge in [-0.1, -0.05) is 26.0 Å². The van der Waals surface area contributed by atoms with Gasteiger partial charge in [0.2, 0.25) is 0 Å². The van der Waals surface area contributed by atoms with Crippen LogP contribution in [0.4, 0.5) is 0 Å². The molecule has 0 aliphatic rings. The zero-order chi connectivity index (χ0) is 13.1. The fourth-order valence-corrected chi connectivity index (χ4v) is 2.15. The van der Waals surface area contributed by atoms with Crippen LogP contribution in [0.15, 0.2) is 34.7 Å². The zero-order valence-corrected chi connectivity index (χ0v) is 11.4. The molecular formula is C16H21NO. The van der Waals surface area contributed by atoms with Crippen LogP contribution in [-0.4, -0.2) is 0 Å². The van der Waals surface area contributed by atoms with Gasteiger partial charge in [0.05, 0.1) is 6.04 Å². The molecule has 1 unspecified atom stereocenters. The van der Waals surface area contributed by atoms with Gasteiger partial charge < -0.3 is 10.2 Å². The third-order valence-electron chi connectivity index (χ3n) is 3.44. The molecule has 96 valence electrons. The van der Waals surface area contributed by atoms with Crippen LogP contribution in [0.2, 0.25) is 0 Å². The van der Waals surface area contributed by atoms with Crippen molar-refractivity contribution in [2.75, 3.05) is 0 Å². The number of hydrogen-bond acceptors (Lipinski definition) is 2. The summed E-state index contributed by atoms with van der Waals surface area (Å²) in [4.78, 5) is 0. The average Bonchev–Trinajstić information content (AvgIpc) is 2.87. The second-order valence-corrected chi connectivity index (χ2v) is 4.71. The Morgan fingerprint density at radius 1 is 1.17 bits per heavy atom. The lowest BCUT2D eigenvalue weighted by molar-refractivity contribution is 0.470. The standard InChI is InChI=1S/C16H21NO/c1-4-12-6-7-13(10-11(12)3)15-8-9-16(18-15)14(17)5-2/h6-10,14H,4-5,17H2,1-3H3. The Labute approximate surface area is 109 Å². The molecule has 1 aromatic carbocycles. The van der Waals surface area contributed by atoms with Crippen LogP contribution < -0.4 is 5.73 Å². The molecule has 0 aliphatic heterocycles. The minimum Gasteiger partial charge on any atom is -0.459 e. The van der Waals surface area contributed by atoms with E-state index in [-0.39, 0.29) is 6.04 Å². The molecule has 18 heavy (non-hydrogen) atoms. The number of benzene rings is 1. The number of aryl methyl sites for hydroxylation is 2. The summed E-state index contributed by atoms with van der Waals surface area (Å²) in [5, 5.41) is 0. The van der Waals surface area contributed by atoms with Gasteiger partial charge in [-0.25, -0.2) is 0 Å². The summed E-state index contributed by atoms with van der Waals surface area (Å²) in [5.74, 6) is 1.77. The number of hydrogen-bond donors (Lipinski definition) is 1. The minimum atomic E-state index is -0.00485. The van der Waals surface area contributed by atoms with Gasteiger partial charge in [0.1, 0.15) is 11.5 Å². The van der Waals surface area contributed by atoms with Crippen LogP contribution in [0.5, 0.6) is 0 Å². The summed E-state index contributed by atoms with van der Waals surface area (Å²) in [6, 6.07) is 10.4. The van der Waals surface area contributed by atoms with Gasteiger partial charge in [-0.3, -0.25) is 0 Å². The molecule has 2 aromatic rings. The van der Waals surface area contributed by atoms with Crippen molar-refractivity contribution >= 4 is 0 Å². The molecule has 2 N–H and O–H groups in total. The number of furan rings is 1. The van der Waals surface area contributed by atoms with Gasteiger partial charge in [0.15, 0.2) is 0 Å². The molecule has 0 spiro atoms. The number of nitrogens with two attached hydrogens (primary N) is 1. The fraction of sp³-hybridized carbons (Fsp3) is 0.375. The molecule has 0 bridgehead atoms. The second-order valence-electron chi connectivity index (χ2n) is 4.71. The van der Waals surface area contributed by atoms with Crippen LogP contribution in [0.3, 0.4) is 0 Å². The molecule has 1 aromatic heterocycles. The topological polar surface area (TPSA) is 39.2 Å². The lowest BCUT2D eigenvalue weighted by Crippen LogP contribution is -2.06. The minimum absolute atomic E-state index is 0.00485. The Morgan fingerprint density at radius 2 is 1.94 bits per heavy atom. The van der Waals surface area contributed by atoms with Crippen molar-refractivity contribution in [1.82, 2.24) is 0 Å². The molecule has 0 saturated carbocycles. The monoisotopic (exact) mass is 243 g/mol. The van der Waals surface area contributed by atoms with Crippen LogP contribution in [0.25, 0.3) is 11.3 Å². The largest absolute Gasteiger partial charge is 0.459 e. The first-order chi connectivity index (χ1) is 8.65. The van der Waals surface area contributed by atoms with Crippen LogP contribution in [0, 0.1) is 6.92 Å². The summed E-state index contributed by atoms with van der Waals surface area (Å²) < 4.78 is 5.83. The van der Waals surface area contributed by atoms with E-state index in [2.05, 4.69) is 39.0 Å². The molecule has 0 radical (unpaired) electrons. The van der Waals surface area contributed by atoms with E-state index < -0.39 is 0 Å². The lowest BCUT2D eigenvalue weighted by atomic mass is 10.0. The van der Waals surface area contributed by atoms with Crippen LogP contribution in [-0.2, 0) is 6.42 Å². The Hall–Kier alpha value is -1.54. The average molecular weight is 243 g/mol. The Morgan fingerprint density at radius 3 is 2.56 bits per heavy atom. The van der Waals surface area contributed by atoms with E-state index in [4.69, 9.17) is 10.2 Å². The van der Waals surface area contributed by atoms with E-state index in [9.17, 15) is 0 Å². The second kappa shape index (κ2) is 5.40. The zero-order valence-electron chi connectivity index (χ0n) is 11.4. The van der Waals surface area contributed by atoms with Crippen molar-refractivity contribution in [2.24, 2.45) is 5.73 Å². The summed E-state index contributed by atoms with van der Waals surface area (Å²) in [6.07, 6.45) is 1.96.